The van der Waals surface area contributed by atoms with Gasteiger partial charge in [-0.2, -0.15) is 0 Å². The van der Waals surface area contributed by atoms with Crippen LogP contribution in [0.15, 0.2) is 58.7 Å². The third-order valence-corrected chi connectivity index (χ3v) is 4.01. The number of anilines is 1. The number of rotatable bonds is 4. The number of carbonyl (C=O) groups is 1. The second-order valence-corrected chi connectivity index (χ2v) is 6.06. The van der Waals surface area contributed by atoms with Crippen LogP contribution < -0.4 is 5.32 Å². The monoisotopic (exact) mass is 363 g/mol. The van der Waals surface area contributed by atoms with E-state index in [1.54, 1.807) is 18.2 Å². The van der Waals surface area contributed by atoms with E-state index in [1.807, 2.05) is 44.2 Å². The van der Waals surface area contributed by atoms with Crippen LogP contribution in [0.2, 0.25) is 5.02 Å². The molecule has 2 aromatic rings. The van der Waals surface area contributed by atoms with E-state index in [4.69, 9.17) is 11.6 Å². The van der Waals surface area contributed by atoms with Crippen LogP contribution in [0, 0.1) is 6.92 Å². The van der Waals surface area contributed by atoms with Crippen molar-refractivity contribution in [2.45, 2.75) is 13.8 Å². The molecule has 0 spiro atoms. The van der Waals surface area contributed by atoms with Crippen LogP contribution in [0.3, 0.4) is 0 Å². The lowest BCUT2D eigenvalue weighted by Crippen LogP contribution is -2.02. The van der Waals surface area contributed by atoms with Crippen molar-refractivity contribution >= 4 is 39.0 Å². The van der Waals surface area contributed by atoms with E-state index in [0.717, 1.165) is 21.4 Å². The molecule has 1 N–H and O–H groups in total. The minimum Gasteiger partial charge on any atom is -0.359 e. The molecule has 0 aliphatic carbocycles. The molecule has 0 unspecified atom stereocenters. The van der Waals surface area contributed by atoms with Crippen LogP contribution in [0.1, 0.15) is 22.8 Å². The molecule has 0 radical (unpaired) electrons. The summed E-state index contributed by atoms with van der Waals surface area (Å²) >= 11 is 9.44. The lowest BCUT2D eigenvalue weighted by molar-refractivity contribution is 0.104. The van der Waals surface area contributed by atoms with Gasteiger partial charge in [-0.15, -0.1) is 0 Å². The average Bonchev–Trinajstić information content (AvgIpc) is 2.44. The fraction of sp³-hybridized carbons (Fsp3) is 0.118. The summed E-state index contributed by atoms with van der Waals surface area (Å²) in [5.74, 6) is -0.0350. The maximum absolute atomic E-state index is 12.2. The van der Waals surface area contributed by atoms with Gasteiger partial charge in [0.15, 0.2) is 5.78 Å². The molecule has 0 aliphatic heterocycles. The molecule has 0 saturated carbocycles. The summed E-state index contributed by atoms with van der Waals surface area (Å²) in [5.41, 5.74) is 3.29. The molecule has 21 heavy (non-hydrogen) atoms. The van der Waals surface area contributed by atoms with E-state index < -0.39 is 0 Å². The SMILES string of the molecule is C/C(=C\C(=O)c1ccc(Br)cc1)Nc1cccc(Cl)c1C. The molecule has 0 bridgehead atoms. The molecule has 0 fully saturated rings. The Morgan fingerprint density at radius 1 is 1.19 bits per heavy atom. The number of halogens is 2. The molecular weight excluding hydrogens is 350 g/mol. The highest BCUT2D eigenvalue weighted by atomic mass is 79.9. The number of hydrogen-bond acceptors (Lipinski definition) is 2. The second kappa shape index (κ2) is 6.92. The fourth-order valence-corrected chi connectivity index (χ4v) is 2.32. The van der Waals surface area contributed by atoms with E-state index in [0.29, 0.717) is 10.6 Å². The summed E-state index contributed by atoms with van der Waals surface area (Å²) in [6.45, 7) is 3.80. The van der Waals surface area contributed by atoms with Gasteiger partial charge in [0.05, 0.1) is 0 Å². The van der Waals surface area contributed by atoms with Gasteiger partial charge in [0.2, 0.25) is 0 Å². The van der Waals surface area contributed by atoms with Gasteiger partial charge in [-0.3, -0.25) is 4.79 Å². The lowest BCUT2D eigenvalue weighted by atomic mass is 10.1. The summed E-state index contributed by atoms with van der Waals surface area (Å²) in [7, 11) is 0. The Morgan fingerprint density at radius 2 is 1.86 bits per heavy atom. The Bertz CT molecular complexity index is 692. The Balaban J connectivity index is 2.15. The normalized spacial score (nSPS) is 11.3. The number of ketones is 1. The molecule has 2 aromatic carbocycles. The molecule has 0 amide bonds. The van der Waals surface area contributed by atoms with Gasteiger partial charge in [0.25, 0.3) is 0 Å². The molecule has 0 aliphatic rings. The molecule has 2 rings (SSSR count). The van der Waals surface area contributed by atoms with Gasteiger partial charge in [0.1, 0.15) is 0 Å². The summed E-state index contributed by atoms with van der Waals surface area (Å²) in [5, 5.41) is 3.91. The van der Waals surface area contributed by atoms with E-state index in [9.17, 15) is 4.79 Å². The second-order valence-electron chi connectivity index (χ2n) is 4.74. The van der Waals surface area contributed by atoms with Gasteiger partial charge in [-0.25, -0.2) is 0 Å². The Morgan fingerprint density at radius 3 is 2.52 bits per heavy atom. The highest BCUT2D eigenvalue weighted by Gasteiger charge is 2.05. The zero-order chi connectivity index (χ0) is 15.4. The van der Waals surface area contributed by atoms with Crippen molar-refractivity contribution in [1.29, 1.82) is 0 Å². The third kappa shape index (κ3) is 4.19. The van der Waals surface area contributed by atoms with E-state index in [2.05, 4.69) is 21.2 Å². The first-order valence-corrected chi connectivity index (χ1v) is 7.65. The Kier molecular flexibility index (Phi) is 5.21. The van der Waals surface area contributed by atoms with Crippen molar-refractivity contribution in [3.63, 3.8) is 0 Å². The summed E-state index contributed by atoms with van der Waals surface area (Å²) < 4.78 is 0.951. The smallest absolute Gasteiger partial charge is 0.187 e. The first-order chi connectivity index (χ1) is 9.97. The highest BCUT2D eigenvalue weighted by Crippen LogP contribution is 2.24. The molecule has 0 atom stereocenters. The molecule has 0 saturated heterocycles. The van der Waals surface area contributed by atoms with E-state index in [1.165, 1.54) is 0 Å². The molecule has 0 aromatic heterocycles. The van der Waals surface area contributed by atoms with Crippen molar-refractivity contribution in [3.05, 3.63) is 74.9 Å². The van der Waals surface area contributed by atoms with Crippen molar-refractivity contribution in [2.24, 2.45) is 0 Å². The maximum Gasteiger partial charge on any atom is 0.187 e. The molecule has 2 nitrogen and oxygen atoms in total. The highest BCUT2D eigenvalue weighted by molar-refractivity contribution is 9.10. The van der Waals surface area contributed by atoms with Crippen molar-refractivity contribution in [2.75, 3.05) is 5.32 Å². The van der Waals surface area contributed by atoms with Gasteiger partial charge in [-0.1, -0.05) is 33.6 Å². The van der Waals surface area contributed by atoms with Crippen molar-refractivity contribution < 1.29 is 4.79 Å². The number of nitrogens with one attached hydrogen (secondary N) is 1. The Hall–Kier alpha value is -1.58. The zero-order valence-electron chi connectivity index (χ0n) is 11.8. The van der Waals surface area contributed by atoms with Gasteiger partial charge < -0.3 is 5.32 Å². The molecule has 0 heterocycles. The van der Waals surface area contributed by atoms with Crippen LogP contribution in [-0.4, -0.2) is 5.78 Å². The largest absolute Gasteiger partial charge is 0.359 e. The van der Waals surface area contributed by atoms with Crippen LogP contribution in [0.5, 0.6) is 0 Å². The van der Waals surface area contributed by atoms with Gasteiger partial charge >= 0.3 is 0 Å². The minimum atomic E-state index is -0.0350. The maximum atomic E-state index is 12.2. The molecular formula is C17H15BrClNO. The lowest BCUT2D eigenvalue weighted by Gasteiger charge is -2.10. The predicted octanol–water partition coefficient (Wildman–Crippen LogP) is 5.61. The van der Waals surface area contributed by atoms with Crippen molar-refractivity contribution in [3.8, 4) is 0 Å². The first-order valence-electron chi connectivity index (χ1n) is 6.47. The topological polar surface area (TPSA) is 29.1 Å². The van der Waals surface area contributed by atoms with Crippen molar-refractivity contribution in [1.82, 2.24) is 0 Å². The van der Waals surface area contributed by atoms with Crippen LogP contribution >= 0.6 is 27.5 Å². The quantitative estimate of drug-likeness (QED) is 0.564. The molecule has 4 heteroatoms. The summed E-state index contributed by atoms with van der Waals surface area (Å²) in [4.78, 5) is 12.2. The van der Waals surface area contributed by atoms with Crippen LogP contribution in [0.4, 0.5) is 5.69 Å². The van der Waals surface area contributed by atoms with E-state index in [-0.39, 0.29) is 5.78 Å². The molecule has 108 valence electrons. The fourth-order valence-electron chi connectivity index (χ4n) is 1.89. The number of allylic oxidation sites excluding steroid dienone is 2. The number of benzene rings is 2. The van der Waals surface area contributed by atoms with Crippen LogP contribution in [0.25, 0.3) is 0 Å². The zero-order valence-corrected chi connectivity index (χ0v) is 14.1. The summed E-state index contributed by atoms with van der Waals surface area (Å²) in [6, 6.07) is 12.9. The minimum absolute atomic E-state index is 0.0350. The number of carbonyl (C=O) groups excluding carboxylic acids is 1. The van der Waals surface area contributed by atoms with Crippen LogP contribution in [-0.2, 0) is 0 Å². The van der Waals surface area contributed by atoms with Gasteiger partial charge in [-0.05, 0) is 55.8 Å². The van der Waals surface area contributed by atoms with Gasteiger partial charge in [0, 0.05) is 32.5 Å². The van der Waals surface area contributed by atoms with E-state index >= 15 is 0 Å². The number of hydrogen-bond donors (Lipinski definition) is 1. The first kappa shape index (κ1) is 15.8. The average molecular weight is 365 g/mol. The standard InChI is InChI=1S/C17H15BrClNO/c1-11(20-16-5-3-4-15(19)12(16)2)10-17(21)13-6-8-14(18)9-7-13/h3-10,20H,1-2H3/b11-10+. The summed E-state index contributed by atoms with van der Waals surface area (Å²) in [6.07, 6.45) is 1.59. The Labute approximate surface area is 138 Å². The third-order valence-electron chi connectivity index (χ3n) is 3.08. The predicted molar refractivity (Wildman–Crippen MR) is 92.0 cm³/mol.